The maximum absolute atomic E-state index is 13.3. The second-order valence-electron chi connectivity index (χ2n) is 8.24. The van der Waals surface area contributed by atoms with Gasteiger partial charge >= 0.3 is 0 Å². The lowest BCUT2D eigenvalue weighted by Crippen LogP contribution is -2.42. The second-order valence-corrected chi connectivity index (χ2v) is 8.24. The lowest BCUT2D eigenvalue weighted by Gasteiger charge is -2.13. The minimum absolute atomic E-state index is 0.214. The van der Waals surface area contributed by atoms with Crippen LogP contribution in [0, 0.1) is 0 Å². The van der Waals surface area contributed by atoms with Crippen LogP contribution in [0.2, 0.25) is 0 Å². The van der Waals surface area contributed by atoms with Crippen LogP contribution in [0.4, 0.5) is 0 Å². The number of ether oxygens (including phenoxy) is 2. The molecule has 8 heteroatoms. The number of carbonyl (C=O) groups is 2. The summed E-state index contributed by atoms with van der Waals surface area (Å²) in [7, 11) is 0. The number of allylic oxidation sites excluding steroid dienone is 1. The van der Waals surface area contributed by atoms with Crippen molar-refractivity contribution in [2.75, 3.05) is 6.79 Å². The van der Waals surface area contributed by atoms with Crippen molar-refractivity contribution >= 4 is 34.4 Å². The van der Waals surface area contributed by atoms with Gasteiger partial charge in [-0.15, -0.1) is 0 Å². The summed E-state index contributed by atoms with van der Waals surface area (Å²) in [5.41, 5.74) is 10.1. The molecular formula is C27H20N4O4. The Morgan fingerprint density at radius 1 is 0.886 bits per heavy atom. The predicted octanol–water partition coefficient (Wildman–Crippen LogP) is 3.92. The number of hydrogen-bond acceptors (Lipinski definition) is 6. The summed E-state index contributed by atoms with van der Waals surface area (Å²) in [6, 6.07) is 18.3. The summed E-state index contributed by atoms with van der Waals surface area (Å²) in [4.78, 5) is 34.6. The fourth-order valence-corrected chi connectivity index (χ4v) is 4.48. The van der Waals surface area contributed by atoms with E-state index in [2.05, 4.69) is 21.9 Å². The highest BCUT2D eigenvalue weighted by atomic mass is 16.7. The predicted molar refractivity (Wildman–Crippen MR) is 130 cm³/mol. The molecule has 6 rings (SSSR count). The van der Waals surface area contributed by atoms with Crippen molar-refractivity contribution in [1.29, 1.82) is 0 Å². The number of hydrogen-bond donors (Lipinski definition) is 2. The summed E-state index contributed by atoms with van der Waals surface area (Å²) in [5, 5.41) is 0.736. The van der Waals surface area contributed by atoms with Gasteiger partial charge in [-0.05, 0) is 65.9 Å². The van der Waals surface area contributed by atoms with Crippen LogP contribution in [0.15, 0.2) is 66.9 Å². The molecule has 2 aromatic heterocycles. The first-order valence-corrected chi connectivity index (χ1v) is 11.2. The maximum atomic E-state index is 13.3. The average Bonchev–Trinajstić information content (AvgIpc) is 3.53. The number of fused-ring (bicyclic) bond motifs is 3. The summed E-state index contributed by atoms with van der Waals surface area (Å²) in [6.07, 6.45) is 5.00. The molecule has 0 bridgehead atoms. The molecule has 0 saturated carbocycles. The number of para-hydroxylation sites is 1. The number of nitrogens with zero attached hydrogens (tertiary/aromatic N) is 2. The van der Waals surface area contributed by atoms with Gasteiger partial charge in [-0.3, -0.25) is 25.4 Å². The Labute approximate surface area is 200 Å². The highest BCUT2D eigenvalue weighted by Crippen LogP contribution is 2.39. The van der Waals surface area contributed by atoms with E-state index in [9.17, 15) is 9.59 Å². The van der Waals surface area contributed by atoms with Crippen LogP contribution < -0.4 is 20.3 Å². The van der Waals surface area contributed by atoms with E-state index in [0.717, 1.165) is 40.0 Å². The first kappa shape index (κ1) is 20.9. The van der Waals surface area contributed by atoms with Crippen molar-refractivity contribution in [3.8, 4) is 11.5 Å². The molecule has 3 heterocycles. The van der Waals surface area contributed by atoms with Crippen molar-refractivity contribution in [3.05, 3.63) is 94.9 Å². The lowest BCUT2D eigenvalue weighted by atomic mass is 10.00. The highest BCUT2D eigenvalue weighted by Gasteiger charge is 2.27. The molecule has 1 aliphatic carbocycles. The van der Waals surface area contributed by atoms with Gasteiger partial charge in [0.25, 0.3) is 11.8 Å². The first-order chi connectivity index (χ1) is 17.2. The number of pyridine rings is 2. The Morgan fingerprint density at radius 3 is 2.60 bits per heavy atom. The number of amides is 2. The van der Waals surface area contributed by atoms with Gasteiger partial charge < -0.3 is 9.47 Å². The van der Waals surface area contributed by atoms with Gasteiger partial charge in [0.15, 0.2) is 11.5 Å². The van der Waals surface area contributed by atoms with Crippen LogP contribution >= 0.6 is 0 Å². The third kappa shape index (κ3) is 3.85. The van der Waals surface area contributed by atoms with Crippen LogP contribution in [0.5, 0.6) is 11.5 Å². The van der Waals surface area contributed by atoms with Gasteiger partial charge in [-0.2, -0.15) is 0 Å². The molecule has 0 spiro atoms. The van der Waals surface area contributed by atoms with E-state index in [1.54, 1.807) is 18.2 Å². The van der Waals surface area contributed by atoms with E-state index in [-0.39, 0.29) is 12.5 Å². The molecule has 172 valence electrons. The topological polar surface area (TPSA) is 102 Å². The van der Waals surface area contributed by atoms with E-state index in [0.29, 0.717) is 23.3 Å². The normalized spacial score (nSPS) is 14.7. The first-order valence-electron chi connectivity index (χ1n) is 11.2. The van der Waals surface area contributed by atoms with Gasteiger partial charge in [-0.1, -0.05) is 30.3 Å². The number of carbonyl (C=O) groups excluding carboxylic acids is 2. The van der Waals surface area contributed by atoms with Crippen LogP contribution in [0.3, 0.4) is 0 Å². The van der Waals surface area contributed by atoms with Gasteiger partial charge in [0, 0.05) is 11.6 Å². The van der Waals surface area contributed by atoms with Crippen molar-refractivity contribution in [2.24, 2.45) is 0 Å². The van der Waals surface area contributed by atoms with Crippen molar-refractivity contribution in [1.82, 2.24) is 20.8 Å². The van der Waals surface area contributed by atoms with Gasteiger partial charge in [0.2, 0.25) is 6.79 Å². The fourth-order valence-electron chi connectivity index (χ4n) is 4.48. The molecule has 4 aromatic rings. The Balaban J connectivity index is 1.35. The quantitative estimate of drug-likeness (QED) is 0.446. The number of rotatable bonds is 3. The SMILES string of the molecule is O=C(NNC(=O)c1c2c(nc3ccccc13)/C(=C/c1ccc3c(c1)OCO3)CC2)c1ccccn1. The molecular weight excluding hydrogens is 444 g/mol. The van der Waals surface area contributed by atoms with Crippen molar-refractivity contribution < 1.29 is 19.1 Å². The number of aromatic nitrogens is 2. The zero-order valence-corrected chi connectivity index (χ0v) is 18.6. The zero-order valence-electron chi connectivity index (χ0n) is 18.6. The molecule has 35 heavy (non-hydrogen) atoms. The smallest absolute Gasteiger partial charge is 0.288 e. The standard InChI is InChI=1S/C27H20N4O4/c32-26(21-7-3-4-12-28-21)30-31-27(33)24-18-5-1-2-6-20(18)29-25-17(9-10-19(24)25)13-16-8-11-22-23(14-16)35-15-34-22/h1-8,11-14H,9-10,15H2,(H,30,32)(H,31,33)/b17-13+. The Kier molecular flexibility index (Phi) is 5.11. The zero-order chi connectivity index (χ0) is 23.8. The van der Waals surface area contributed by atoms with E-state index < -0.39 is 11.8 Å². The Bertz CT molecular complexity index is 1510. The largest absolute Gasteiger partial charge is 0.454 e. The van der Waals surface area contributed by atoms with E-state index >= 15 is 0 Å². The number of benzene rings is 2. The van der Waals surface area contributed by atoms with Gasteiger partial charge in [0.05, 0.1) is 16.8 Å². The summed E-state index contributed by atoms with van der Waals surface area (Å²) in [5.74, 6) is 0.563. The molecule has 2 aliphatic rings. The second kappa shape index (κ2) is 8.57. The number of nitrogens with one attached hydrogen (secondary N) is 2. The van der Waals surface area contributed by atoms with Gasteiger partial charge in [-0.25, -0.2) is 4.98 Å². The average molecular weight is 464 g/mol. The molecule has 0 atom stereocenters. The van der Waals surface area contributed by atoms with Crippen molar-refractivity contribution in [2.45, 2.75) is 12.8 Å². The van der Waals surface area contributed by atoms with Crippen LogP contribution in [0.1, 0.15) is 44.1 Å². The molecule has 0 unspecified atom stereocenters. The van der Waals surface area contributed by atoms with Crippen LogP contribution in [-0.2, 0) is 6.42 Å². The molecule has 0 saturated heterocycles. The van der Waals surface area contributed by atoms with Crippen molar-refractivity contribution in [3.63, 3.8) is 0 Å². The molecule has 2 aromatic carbocycles. The summed E-state index contributed by atoms with van der Waals surface area (Å²) >= 11 is 0. The molecule has 1 aliphatic heterocycles. The maximum Gasteiger partial charge on any atom is 0.288 e. The molecule has 8 nitrogen and oxygen atoms in total. The third-order valence-electron chi connectivity index (χ3n) is 6.09. The minimum atomic E-state index is -0.489. The Morgan fingerprint density at radius 2 is 1.71 bits per heavy atom. The summed E-state index contributed by atoms with van der Waals surface area (Å²) in [6.45, 7) is 0.223. The molecule has 2 amide bonds. The number of hydrazine groups is 1. The fraction of sp³-hybridized carbons (Fsp3) is 0.111. The van der Waals surface area contributed by atoms with E-state index in [4.69, 9.17) is 14.5 Å². The van der Waals surface area contributed by atoms with E-state index in [1.165, 1.54) is 6.20 Å². The summed E-state index contributed by atoms with van der Waals surface area (Å²) < 4.78 is 10.9. The van der Waals surface area contributed by atoms with Crippen LogP contribution in [0.25, 0.3) is 22.6 Å². The van der Waals surface area contributed by atoms with Gasteiger partial charge in [0.1, 0.15) is 5.69 Å². The highest BCUT2D eigenvalue weighted by molar-refractivity contribution is 6.10. The van der Waals surface area contributed by atoms with E-state index in [1.807, 2.05) is 42.5 Å². The lowest BCUT2D eigenvalue weighted by molar-refractivity contribution is 0.0844. The third-order valence-corrected chi connectivity index (χ3v) is 6.09. The molecule has 2 N–H and O–H groups in total. The molecule has 0 fully saturated rings. The minimum Gasteiger partial charge on any atom is -0.454 e. The Hall–Kier alpha value is -4.72. The monoisotopic (exact) mass is 464 g/mol. The van der Waals surface area contributed by atoms with Crippen LogP contribution in [-0.4, -0.2) is 28.6 Å². The molecule has 0 radical (unpaired) electrons.